The highest BCUT2D eigenvalue weighted by atomic mass is 79.9. The number of halogens is 1. The van der Waals surface area contributed by atoms with Gasteiger partial charge in [-0.1, -0.05) is 28.8 Å². The molecular weight excluding hydrogens is 454 g/mol. The van der Waals surface area contributed by atoms with E-state index in [1.54, 1.807) is 36.4 Å². The summed E-state index contributed by atoms with van der Waals surface area (Å²) < 4.78 is 28.2. The summed E-state index contributed by atoms with van der Waals surface area (Å²) in [5, 5.41) is 2.93. The van der Waals surface area contributed by atoms with E-state index in [0.717, 1.165) is 11.0 Å². The quantitative estimate of drug-likeness (QED) is 0.602. The lowest BCUT2D eigenvalue weighted by Crippen LogP contribution is -2.37. The molecule has 0 saturated heterocycles. The first-order valence-corrected chi connectivity index (χ1v) is 12.0. The minimum Gasteiger partial charge on any atom is -0.351 e. The molecule has 2 aromatic rings. The molecule has 29 heavy (non-hydrogen) atoms. The minimum absolute atomic E-state index is 0.160. The number of sulfonamides is 1. The molecule has 0 aromatic heterocycles. The predicted octanol–water partition coefficient (Wildman–Crippen LogP) is 3.85. The lowest BCUT2D eigenvalue weighted by atomic mass is 10.2. The number of carbonyl (C=O) groups excluding carboxylic acids is 1. The summed E-state index contributed by atoms with van der Waals surface area (Å²) >= 11 is 3.29. The van der Waals surface area contributed by atoms with Gasteiger partial charge in [0.05, 0.1) is 4.90 Å². The minimum atomic E-state index is -3.67. The highest BCUT2D eigenvalue weighted by molar-refractivity contribution is 9.10. The van der Waals surface area contributed by atoms with E-state index in [-0.39, 0.29) is 10.8 Å². The Bertz CT molecular complexity index is 925. The van der Waals surface area contributed by atoms with Gasteiger partial charge in [0.25, 0.3) is 15.9 Å². The number of hydrogen-bond donors (Lipinski definition) is 2. The standard InChI is InChI=1S/C21H26BrN3O3S/c1-25(19-4-2-3-5-19)15-14-23-21(26)16-6-10-18(11-7-16)24-29(27,28)20-12-8-17(22)9-13-20/h6-13,19,24H,2-5,14-15H2,1H3,(H,23,26). The largest absolute Gasteiger partial charge is 0.351 e. The summed E-state index contributed by atoms with van der Waals surface area (Å²) in [6, 6.07) is 13.5. The molecular formula is C21H26BrN3O3S. The molecule has 156 valence electrons. The van der Waals surface area contributed by atoms with Crippen LogP contribution in [0.1, 0.15) is 36.0 Å². The van der Waals surface area contributed by atoms with Crippen LogP contribution < -0.4 is 10.0 Å². The van der Waals surface area contributed by atoms with Crippen LogP contribution >= 0.6 is 15.9 Å². The molecule has 2 N–H and O–H groups in total. The fraction of sp³-hybridized carbons (Fsp3) is 0.381. The van der Waals surface area contributed by atoms with E-state index < -0.39 is 10.0 Å². The summed E-state index contributed by atoms with van der Waals surface area (Å²) in [6.45, 7) is 1.41. The average molecular weight is 480 g/mol. The SMILES string of the molecule is CN(CCNC(=O)c1ccc(NS(=O)(=O)c2ccc(Br)cc2)cc1)C1CCCC1. The monoisotopic (exact) mass is 479 g/mol. The van der Waals surface area contributed by atoms with Crippen LogP contribution in [-0.4, -0.2) is 45.4 Å². The normalized spacial score (nSPS) is 14.9. The van der Waals surface area contributed by atoms with Crippen molar-refractivity contribution in [2.45, 2.75) is 36.6 Å². The van der Waals surface area contributed by atoms with Crippen molar-refractivity contribution < 1.29 is 13.2 Å². The molecule has 0 atom stereocenters. The van der Waals surface area contributed by atoms with Crippen LogP contribution in [0.15, 0.2) is 57.9 Å². The smallest absolute Gasteiger partial charge is 0.261 e. The first-order valence-electron chi connectivity index (χ1n) is 9.72. The second-order valence-electron chi connectivity index (χ2n) is 7.31. The van der Waals surface area contributed by atoms with E-state index in [2.05, 4.69) is 37.9 Å². The van der Waals surface area contributed by atoms with Gasteiger partial charge < -0.3 is 10.2 Å². The van der Waals surface area contributed by atoms with E-state index in [1.165, 1.54) is 37.8 Å². The van der Waals surface area contributed by atoms with Crippen molar-refractivity contribution in [3.8, 4) is 0 Å². The van der Waals surface area contributed by atoms with Gasteiger partial charge in [-0.05, 0) is 68.4 Å². The molecule has 0 spiro atoms. The maximum Gasteiger partial charge on any atom is 0.261 e. The molecule has 8 heteroatoms. The van der Waals surface area contributed by atoms with Gasteiger partial charge in [0.1, 0.15) is 0 Å². The van der Waals surface area contributed by atoms with Gasteiger partial charge in [-0.3, -0.25) is 9.52 Å². The molecule has 0 radical (unpaired) electrons. The number of likely N-dealkylation sites (N-methyl/N-ethyl adjacent to an activating group) is 1. The van der Waals surface area contributed by atoms with Gasteiger partial charge in [0.15, 0.2) is 0 Å². The zero-order chi connectivity index (χ0) is 20.9. The number of amides is 1. The molecule has 0 unspecified atom stereocenters. The fourth-order valence-corrected chi connectivity index (χ4v) is 4.82. The molecule has 1 fully saturated rings. The Morgan fingerprint density at radius 1 is 1.07 bits per heavy atom. The molecule has 1 saturated carbocycles. The van der Waals surface area contributed by atoms with Crippen LogP contribution in [0.3, 0.4) is 0 Å². The summed E-state index contributed by atoms with van der Waals surface area (Å²) in [5.41, 5.74) is 0.908. The third-order valence-electron chi connectivity index (χ3n) is 5.22. The number of nitrogens with zero attached hydrogens (tertiary/aromatic N) is 1. The first-order chi connectivity index (χ1) is 13.8. The summed E-state index contributed by atoms with van der Waals surface area (Å²) in [5.74, 6) is -0.160. The number of rotatable bonds is 8. The zero-order valence-corrected chi connectivity index (χ0v) is 18.8. The zero-order valence-electron chi connectivity index (χ0n) is 16.4. The fourth-order valence-electron chi connectivity index (χ4n) is 3.49. The van der Waals surface area contributed by atoms with Crippen molar-refractivity contribution in [1.82, 2.24) is 10.2 Å². The molecule has 0 bridgehead atoms. The van der Waals surface area contributed by atoms with E-state index >= 15 is 0 Å². The van der Waals surface area contributed by atoms with Crippen molar-refractivity contribution in [1.29, 1.82) is 0 Å². The van der Waals surface area contributed by atoms with Crippen LogP contribution in [0.4, 0.5) is 5.69 Å². The lowest BCUT2D eigenvalue weighted by molar-refractivity contribution is 0.0947. The Balaban J connectivity index is 1.52. The third kappa shape index (κ3) is 6.04. The Kier molecular flexibility index (Phi) is 7.32. The van der Waals surface area contributed by atoms with Crippen molar-refractivity contribution in [2.24, 2.45) is 0 Å². The second-order valence-corrected chi connectivity index (χ2v) is 9.91. The molecule has 1 aliphatic rings. The molecule has 1 aliphatic carbocycles. The Morgan fingerprint density at radius 3 is 2.31 bits per heavy atom. The molecule has 2 aromatic carbocycles. The summed E-state index contributed by atoms with van der Waals surface area (Å²) in [7, 11) is -1.57. The number of nitrogens with one attached hydrogen (secondary N) is 2. The number of hydrogen-bond acceptors (Lipinski definition) is 4. The Morgan fingerprint density at radius 2 is 1.69 bits per heavy atom. The lowest BCUT2D eigenvalue weighted by Gasteiger charge is -2.23. The van der Waals surface area contributed by atoms with Crippen LogP contribution in [0.5, 0.6) is 0 Å². The number of benzene rings is 2. The molecule has 6 nitrogen and oxygen atoms in total. The number of carbonyl (C=O) groups is 1. The summed E-state index contributed by atoms with van der Waals surface area (Å²) in [6.07, 6.45) is 5.06. The maximum absolute atomic E-state index is 12.4. The van der Waals surface area contributed by atoms with Gasteiger partial charge >= 0.3 is 0 Å². The third-order valence-corrected chi connectivity index (χ3v) is 7.15. The maximum atomic E-state index is 12.4. The highest BCUT2D eigenvalue weighted by Gasteiger charge is 2.19. The van der Waals surface area contributed by atoms with Gasteiger partial charge in [-0.25, -0.2) is 8.42 Å². The van der Waals surface area contributed by atoms with E-state index in [4.69, 9.17) is 0 Å². The van der Waals surface area contributed by atoms with Crippen molar-refractivity contribution in [3.63, 3.8) is 0 Å². The summed E-state index contributed by atoms with van der Waals surface area (Å²) in [4.78, 5) is 14.8. The van der Waals surface area contributed by atoms with Crippen LogP contribution in [0.2, 0.25) is 0 Å². The van der Waals surface area contributed by atoms with Crippen LogP contribution in [-0.2, 0) is 10.0 Å². The van der Waals surface area contributed by atoms with Gasteiger partial charge in [0, 0.05) is 34.9 Å². The van der Waals surface area contributed by atoms with E-state index in [1.807, 2.05) is 0 Å². The van der Waals surface area contributed by atoms with Crippen molar-refractivity contribution in [3.05, 3.63) is 58.6 Å². The van der Waals surface area contributed by atoms with Crippen molar-refractivity contribution in [2.75, 3.05) is 24.9 Å². The van der Waals surface area contributed by atoms with E-state index in [0.29, 0.717) is 23.8 Å². The van der Waals surface area contributed by atoms with Gasteiger partial charge in [0.2, 0.25) is 0 Å². The predicted molar refractivity (Wildman–Crippen MR) is 119 cm³/mol. The molecule has 0 heterocycles. The molecule has 0 aliphatic heterocycles. The second kappa shape index (κ2) is 9.73. The highest BCUT2D eigenvalue weighted by Crippen LogP contribution is 2.22. The van der Waals surface area contributed by atoms with Crippen LogP contribution in [0.25, 0.3) is 0 Å². The van der Waals surface area contributed by atoms with Gasteiger partial charge in [-0.2, -0.15) is 0 Å². The average Bonchev–Trinajstić information content (AvgIpc) is 3.23. The first kappa shape index (κ1) is 21.8. The van der Waals surface area contributed by atoms with Gasteiger partial charge in [-0.15, -0.1) is 0 Å². The Labute approximate surface area is 180 Å². The van der Waals surface area contributed by atoms with Crippen LogP contribution in [0, 0.1) is 0 Å². The Hall–Kier alpha value is -1.90. The molecule has 3 rings (SSSR count). The van der Waals surface area contributed by atoms with Crippen molar-refractivity contribution >= 4 is 37.5 Å². The number of anilines is 1. The molecule has 1 amide bonds. The topological polar surface area (TPSA) is 78.5 Å². The van der Waals surface area contributed by atoms with E-state index in [9.17, 15) is 13.2 Å².